The molecular weight excluding hydrogens is 246 g/mol. The SMILES string of the molecule is Cc1ccc(C(C)NCCCS(C)(=O)=O)c(C)c1. The maximum atomic E-state index is 11.0. The van der Waals surface area contributed by atoms with Crippen LogP contribution in [0.1, 0.15) is 36.1 Å². The summed E-state index contributed by atoms with van der Waals surface area (Å²) in [6.45, 7) is 7.03. The number of sulfone groups is 1. The minimum atomic E-state index is -2.84. The van der Waals surface area contributed by atoms with Gasteiger partial charge in [-0.05, 0) is 44.9 Å². The Hall–Kier alpha value is -0.870. The molecule has 0 spiro atoms. The Morgan fingerprint density at radius 1 is 1.28 bits per heavy atom. The topological polar surface area (TPSA) is 46.2 Å². The van der Waals surface area contributed by atoms with Crippen molar-refractivity contribution in [3.63, 3.8) is 0 Å². The first-order valence-electron chi connectivity index (χ1n) is 6.28. The Labute approximate surface area is 111 Å². The smallest absolute Gasteiger partial charge is 0.147 e. The molecule has 0 aromatic heterocycles. The van der Waals surface area contributed by atoms with Crippen LogP contribution in [0.2, 0.25) is 0 Å². The van der Waals surface area contributed by atoms with E-state index in [0.717, 1.165) is 6.54 Å². The number of rotatable bonds is 6. The van der Waals surface area contributed by atoms with E-state index >= 15 is 0 Å². The number of benzene rings is 1. The summed E-state index contributed by atoms with van der Waals surface area (Å²) in [6, 6.07) is 6.67. The summed E-state index contributed by atoms with van der Waals surface area (Å²) in [5, 5.41) is 3.37. The van der Waals surface area contributed by atoms with Crippen LogP contribution >= 0.6 is 0 Å². The Balaban J connectivity index is 2.48. The van der Waals surface area contributed by atoms with Crippen molar-refractivity contribution in [2.75, 3.05) is 18.6 Å². The molecule has 1 N–H and O–H groups in total. The van der Waals surface area contributed by atoms with Crippen molar-refractivity contribution in [3.05, 3.63) is 34.9 Å². The first-order chi connectivity index (χ1) is 8.29. The third-order valence-corrected chi connectivity index (χ3v) is 4.06. The highest BCUT2D eigenvalue weighted by Crippen LogP contribution is 2.18. The van der Waals surface area contributed by atoms with E-state index in [0.29, 0.717) is 6.42 Å². The molecule has 0 saturated carbocycles. The minimum Gasteiger partial charge on any atom is -0.310 e. The number of aryl methyl sites for hydroxylation is 2. The van der Waals surface area contributed by atoms with Crippen LogP contribution in [0.4, 0.5) is 0 Å². The average molecular weight is 269 g/mol. The highest BCUT2D eigenvalue weighted by atomic mass is 32.2. The number of hydrogen-bond donors (Lipinski definition) is 1. The lowest BCUT2D eigenvalue weighted by molar-refractivity contribution is 0.560. The summed E-state index contributed by atoms with van der Waals surface area (Å²) >= 11 is 0. The Bertz CT molecular complexity index is 495. The van der Waals surface area contributed by atoms with Crippen LogP contribution in [-0.4, -0.2) is 27.0 Å². The quantitative estimate of drug-likeness (QED) is 0.807. The van der Waals surface area contributed by atoms with Crippen molar-refractivity contribution in [1.82, 2.24) is 5.32 Å². The highest BCUT2D eigenvalue weighted by molar-refractivity contribution is 7.90. The van der Waals surface area contributed by atoms with Gasteiger partial charge in [0.2, 0.25) is 0 Å². The van der Waals surface area contributed by atoms with Crippen molar-refractivity contribution in [1.29, 1.82) is 0 Å². The van der Waals surface area contributed by atoms with Crippen LogP contribution in [0.15, 0.2) is 18.2 Å². The second kappa shape index (κ2) is 6.34. The van der Waals surface area contributed by atoms with Crippen LogP contribution in [0.3, 0.4) is 0 Å². The van der Waals surface area contributed by atoms with E-state index in [1.165, 1.54) is 22.9 Å². The fourth-order valence-electron chi connectivity index (χ4n) is 2.07. The molecule has 0 aliphatic rings. The van der Waals surface area contributed by atoms with Gasteiger partial charge in [0.1, 0.15) is 9.84 Å². The summed E-state index contributed by atoms with van der Waals surface area (Å²) in [4.78, 5) is 0. The molecule has 0 heterocycles. The first-order valence-corrected chi connectivity index (χ1v) is 8.34. The van der Waals surface area contributed by atoms with E-state index < -0.39 is 9.84 Å². The first kappa shape index (κ1) is 15.2. The molecule has 1 rings (SSSR count). The van der Waals surface area contributed by atoms with E-state index in [2.05, 4.69) is 44.3 Å². The fourth-order valence-corrected chi connectivity index (χ4v) is 2.74. The number of nitrogens with one attached hydrogen (secondary N) is 1. The third-order valence-electron chi connectivity index (χ3n) is 3.03. The molecule has 1 aromatic rings. The molecule has 1 atom stereocenters. The normalized spacial score (nSPS) is 13.6. The number of hydrogen-bond acceptors (Lipinski definition) is 3. The lowest BCUT2D eigenvalue weighted by Gasteiger charge is -2.17. The molecule has 1 aromatic carbocycles. The molecule has 0 bridgehead atoms. The minimum absolute atomic E-state index is 0.250. The van der Waals surface area contributed by atoms with Crippen LogP contribution < -0.4 is 5.32 Å². The summed E-state index contributed by atoms with van der Waals surface area (Å²) < 4.78 is 22.0. The molecule has 0 aliphatic heterocycles. The van der Waals surface area contributed by atoms with E-state index in [1.54, 1.807) is 0 Å². The molecule has 0 fully saturated rings. The predicted octanol–water partition coefficient (Wildman–Crippen LogP) is 2.39. The van der Waals surface area contributed by atoms with E-state index in [-0.39, 0.29) is 11.8 Å². The van der Waals surface area contributed by atoms with Crippen LogP contribution in [-0.2, 0) is 9.84 Å². The van der Waals surface area contributed by atoms with Gasteiger partial charge < -0.3 is 5.32 Å². The second-order valence-electron chi connectivity index (χ2n) is 5.02. The van der Waals surface area contributed by atoms with Crippen LogP contribution in [0, 0.1) is 13.8 Å². The Morgan fingerprint density at radius 3 is 2.50 bits per heavy atom. The zero-order valence-electron chi connectivity index (χ0n) is 11.7. The molecule has 0 radical (unpaired) electrons. The van der Waals surface area contributed by atoms with Crippen LogP contribution in [0.5, 0.6) is 0 Å². The molecule has 18 heavy (non-hydrogen) atoms. The molecule has 0 amide bonds. The molecule has 3 nitrogen and oxygen atoms in total. The zero-order valence-corrected chi connectivity index (χ0v) is 12.5. The summed E-state index contributed by atoms with van der Waals surface area (Å²) in [6.07, 6.45) is 1.94. The van der Waals surface area contributed by atoms with E-state index in [9.17, 15) is 8.42 Å². The largest absolute Gasteiger partial charge is 0.310 e. The molecule has 0 aliphatic carbocycles. The van der Waals surface area contributed by atoms with Crippen molar-refractivity contribution in [3.8, 4) is 0 Å². The maximum absolute atomic E-state index is 11.0. The standard InChI is InChI=1S/C14H23NO2S/c1-11-6-7-14(12(2)10-11)13(3)15-8-5-9-18(4,16)17/h6-7,10,13,15H,5,8-9H2,1-4H3. The third kappa shape index (κ3) is 5.19. The van der Waals surface area contributed by atoms with Gasteiger partial charge >= 0.3 is 0 Å². The van der Waals surface area contributed by atoms with Gasteiger partial charge in [0.25, 0.3) is 0 Å². The van der Waals surface area contributed by atoms with Crippen LogP contribution in [0.25, 0.3) is 0 Å². The van der Waals surface area contributed by atoms with E-state index in [1.807, 2.05) is 0 Å². The van der Waals surface area contributed by atoms with Gasteiger partial charge in [-0.15, -0.1) is 0 Å². The van der Waals surface area contributed by atoms with Crippen molar-refractivity contribution in [2.45, 2.75) is 33.2 Å². The zero-order chi connectivity index (χ0) is 13.8. The van der Waals surface area contributed by atoms with Crippen molar-refractivity contribution < 1.29 is 8.42 Å². The molecular formula is C14H23NO2S. The fraction of sp³-hybridized carbons (Fsp3) is 0.571. The van der Waals surface area contributed by atoms with Gasteiger partial charge in [-0.3, -0.25) is 0 Å². The lowest BCUT2D eigenvalue weighted by Crippen LogP contribution is -2.22. The van der Waals surface area contributed by atoms with Gasteiger partial charge in [0.15, 0.2) is 0 Å². The van der Waals surface area contributed by atoms with Gasteiger partial charge in [0, 0.05) is 12.3 Å². The van der Waals surface area contributed by atoms with Gasteiger partial charge in [-0.2, -0.15) is 0 Å². The molecule has 4 heteroatoms. The van der Waals surface area contributed by atoms with Gasteiger partial charge in [0.05, 0.1) is 5.75 Å². The van der Waals surface area contributed by atoms with Crippen molar-refractivity contribution >= 4 is 9.84 Å². The van der Waals surface area contributed by atoms with Gasteiger partial charge in [-0.1, -0.05) is 23.8 Å². The molecule has 102 valence electrons. The maximum Gasteiger partial charge on any atom is 0.147 e. The molecule has 0 saturated heterocycles. The molecule has 1 unspecified atom stereocenters. The summed E-state index contributed by atoms with van der Waals surface area (Å²) in [7, 11) is -2.84. The highest BCUT2D eigenvalue weighted by Gasteiger charge is 2.08. The van der Waals surface area contributed by atoms with Gasteiger partial charge in [-0.25, -0.2) is 8.42 Å². The predicted molar refractivity (Wildman–Crippen MR) is 76.7 cm³/mol. The lowest BCUT2D eigenvalue weighted by atomic mass is 10.0. The summed E-state index contributed by atoms with van der Waals surface area (Å²) in [5.74, 6) is 0.250. The Morgan fingerprint density at radius 2 is 1.94 bits per heavy atom. The summed E-state index contributed by atoms with van der Waals surface area (Å²) in [5.41, 5.74) is 3.82. The monoisotopic (exact) mass is 269 g/mol. The second-order valence-corrected chi connectivity index (χ2v) is 7.28. The average Bonchev–Trinajstić information content (AvgIpc) is 2.22. The van der Waals surface area contributed by atoms with E-state index in [4.69, 9.17) is 0 Å². The van der Waals surface area contributed by atoms with Crippen molar-refractivity contribution in [2.24, 2.45) is 0 Å². The Kier molecular flexibility index (Phi) is 5.35.